The molecule has 2 aromatic rings. The average Bonchev–Trinajstić information content (AvgIpc) is 2.67. The molecule has 0 fully saturated rings. The molecule has 1 N–H and O–H groups in total. The topological polar surface area (TPSA) is 66.3 Å². The molecule has 2 rings (SSSR count). The van der Waals surface area contributed by atoms with Gasteiger partial charge in [-0.1, -0.05) is 15.9 Å². The lowest BCUT2D eigenvalue weighted by Crippen LogP contribution is -2.26. The molecule has 0 atom stereocenters. The molecule has 0 aromatic carbocycles. The number of nitrogens with zero attached hydrogens (tertiary/aromatic N) is 4. The van der Waals surface area contributed by atoms with Crippen LogP contribution in [0.3, 0.4) is 0 Å². The number of aromatic nitrogens is 4. The van der Waals surface area contributed by atoms with Crippen molar-refractivity contribution >= 4 is 27.4 Å². The van der Waals surface area contributed by atoms with Crippen LogP contribution in [0.25, 0.3) is 5.65 Å². The van der Waals surface area contributed by atoms with Gasteiger partial charge in [-0.25, -0.2) is 19.3 Å². The molecule has 7 heteroatoms. The summed E-state index contributed by atoms with van der Waals surface area (Å²) in [5.41, 5.74) is 0.320. The first-order chi connectivity index (χ1) is 7.76. The third-order valence-electron chi connectivity index (χ3n) is 2.36. The van der Waals surface area contributed by atoms with Crippen LogP contribution >= 0.6 is 15.9 Å². The lowest BCUT2D eigenvalue weighted by Gasteiger charge is -2.20. The van der Waals surface area contributed by atoms with Crippen molar-refractivity contribution in [2.24, 2.45) is 0 Å². The summed E-state index contributed by atoms with van der Waals surface area (Å²) in [6.07, 6.45) is 1.49. The number of hydrogen-bond donors (Lipinski definition) is 1. The van der Waals surface area contributed by atoms with Crippen LogP contribution in [-0.4, -0.2) is 38.0 Å². The van der Waals surface area contributed by atoms with E-state index < -0.39 is 0 Å². The molecule has 16 heavy (non-hydrogen) atoms. The van der Waals surface area contributed by atoms with Crippen molar-refractivity contribution in [1.82, 2.24) is 19.6 Å². The van der Waals surface area contributed by atoms with Crippen LogP contribution in [0.4, 0.5) is 5.82 Å². The molecule has 0 saturated carbocycles. The molecular formula is C9H12BrN5O. The second-order valence-electron chi connectivity index (χ2n) is 3.27. The second kappa shape index (κ2) is 4.65. The number of halogens is 1. The predicted octanol–water partition coefficient (Wildman–Crippen LogP) is 0.639. The molecule has 0 radical (unpaired) electrons. The Labute approximate surface area is 100 Å². The van der Waals surface area contributed by atoms with Crippen molar-refractivity contribution < 1.29 is 0 Å². The highest BCUT2D eigenvalue weighted by atomic mass is 79.9. The zero-order valence-electron chi connectivity index (χ0n) is 8.85. The largest absolute Gasteiger partial charge is 0.356 e. The van der Waals surface area contributed by atoms with Gasteiger partial charge in [-0.3, -0.25) is 0 Å². The molecule has 0 aliphatic carbocycles. The van der Waals surface area contributed by atoms with Gasteiger partial charge in [-0.2, -0.15) is 5.10 Å². The summed E-state index contributed by atoms with van der Waals surface area (Å²) < 4.78 is 1.38. The monoisotopic (exact) mass is 285 g/mol. The van der Waals surface area contributed by atoms with Crippen LogP contribution in [0.15, 0.2) is 17.2 Å². The number of nitrogens with one attached hydrogen (secondary N) is 1. The van der Waals surface area contributed by atoms with Gasteiger partial charge in [-0.05, 0) is 6.92 Å². The summed E-state index contributed by atoms with van der Waals surface area (Å²) in [5.74, 6) is 0.827. The van der Waals surface area contributed by atoms with Crippen molar-refractivity contribution in [3.63, 3.8) is 0 Å². The lowest BCUT2D eigenvalue weighted by atomic mass is 10.4. The summed E-state index contributed by atoms with van der Waals surface area (Å²) in [4.78, 5) is 17.6. The number of H-pyrrole nitrogens is 1. The highest BCUT2D eigenvalue weighted by Gasteiger charge is 2.07. The number of hydrogen-bond acceptors (Lipinski definition) is 4. The van der Waals surface area contributed by atoms with Gasteiger partial charge in [0, 0.05) is 24.5 Å². The molecular weight excluding hydrogens is 274 g/mol. The van der Waals surface area contributed by atoms with E-state index in [9.17, 15) is 4.79 Å². The van der Waals surface area contributed by atoms with Crippen LogP contribution in [0, 0.1) is 0 Å². The summed E-state index contributed by atoms with van der Waals surface area (Å²) in [7, 11) is 0. The molecule has 2 heterocycles. The SMILES string of the molecule is CCN(CCBr)c1cc2n[nH]c(=O)n2cn1. The van der Waals surface area contributed by atoms with E-state index in [0.717, 1.165) is 24.2 Å². The predicted molar refractivity (Wildman–Crippen MR) is 65.3 cm³/mol. The van der Waals surface area contributed by atoms with Gasteiger partial charge in [0.1, 0.15) is 12.1 Å². The van der Waals surface area contributed by atoms with Crippen molar-refractivity contribution in [2.45, 2.75) is 6.92 Å². The highest BCUT2D eigenvalue weighted by molar-refractivity contribution is 9.09. The zero-order chi connectivity index (χ0) is 11.5. The molecule has 0 amide bonds. The normalized spacial score (nSPS) is 10.9. The van der Waals surface area contributed by atoms with Gasteiger partial charge in [0.15, 0.2) is 5.65 Å². The lowest BCUT2D eigenvalue weighted by molar-refractivity contribution is 0.846. The number of alkyl halides is 1. The fraction of sp³-hybridized carbons (Fsp3) is 0.444. The maximum Gasteiger partial charge on any atom is 0.348 e. The van der Waals surface area contributed by atoms with Crippen molar-refractivity contribution in [3.8, 4) is 0 Å². The molecule has 0 aliphatic heterocycles. The van der Waals surface area contributed by atoms with E-state index in [1.54, 1.807) is 6.07 Å². The minimum absolute atomic E-state index is 0.266. The molecule has 0 unspecified atom stereocenters. The standard InChI is InChI=1S/C9H12BrN5O/c1-2-14(4-3-10)7-5-8-12-13-9(16)15(8)6-11-7/h5-6H,2-4H2,1H3,(H,13,16). The highest BCUT2D eigenvalue weighted by Crippen LogP contribution is 2.11. The fourth-order valence-electron chi connectivity index (χ4n) is 1.51. The average molecular weight is 286 g/mol. The summed E-state index contributed by atoms with van der Waals surface area (Å²) in [5, 5.41) is 7.16. The molecule has 86 valence electrons. The molecule has 6 nitrogen and oxygen atoms in total. The van der Waals surface area contributed by atoms with Crippen molar-refractivity contribution in [2.75, 3.05) is 23.3 Å². The van der Waals surface area contributed by atoms with E-state index in [1.807, 2.05) is 0 Å². The zero-order valence-corrected chi connectivity index (χ0v) is 10.4. The van der Waals surface area contributed by atoms with Gasteiger partial charge >= 0.3 is 5.69 Å². The van der Waals surface area contributed by atoms with Crippen LogP contribution in [0.2, 0.25) is 0 Å². The Morgan fingerprint density at radius 1 is 1.62 bits per heavy atom. The van der Waals surface area contributed by atoms with Crippen molar-refractivity contribution in [1.29, 1.82) is 0 Å². The van der Waals surface area contributed by atoms with E-state index in [4.69, 9.17) is 0 Å². The van der Waals surface area contributed by atoms with Crippen molar-refractivity contribution in [3.05, 3.63) is 22.9 Å². The van der Waals surface area contributed by atoms with Crippen LogP contribution in [-0.2, 0) is 0 Å². The summed E-state index contributed by atoms with van der Waals surface area (Å²) in [6, 6.07) is 1.80. The Balaban J connectivity index is 2.41. The Morgan fingerprint density at radius 2 is 2.44 bits per heavy atom. The van der Waals surface area contributed by atoms with E-state index in [-0.39, 0.29) is 5.69 Å². The Kier molecular flexibility index (Phi) is 3.23. The minimum atomic E-state index is -0.266. The molecule has 2 aromatic heterocycles. The van der Waals surface area contributed by atoms with Crippen LogP contribution < -0.4 is 10.6 Å². The first-order valence-corrected chi connectivity index (χ1v) is 6.12. The Morgan fingerprint density at radius 3 is 3.12 bits per heavy atom. The second-order valence-corrected chi connectivity index (χ2v) is 4.07. The third kappa shape index (κ3) is 1.95. The Hall–Kier alpha value is -1.37. The van der Waals surface area contributed by atoms with Gasteiger partial charge in [0.25, 0.3) is 0 Å². The number of anilines is 1. The maximum absolute atomic E-state index is 11.2. The number of rotatable bonds is 4. The van der Waals surface area contributed by atoms with E-state index >= 15 is 0 Å². The van der Waals surface area contributed by atoms with E-state index in [0.29, 0.717) is 5.65 Å². The van der Waals surface area contributed by atoms with Gasteiger partial charge < -0.3 is 4.90 Å². The summed E-state index contributed by atoms with van der Waals surface area (Å²) >= 11 is 3.40. The first kappa shape index (κ1) is 11.1. The molecule has 0 spiro atoms. The van der Waals surface area contributed by atoms with Crippen LogP contribution in [0.5, 0.6) is 0 Å². The molecule has 0 saturated heterocycles. The molecule has 0 bridgehead atoms. The first-order valence-electron chi connectivity index (χ1n) is 5.00. The van der Waals surface area contributed by atoms with E-state index in [1.165, 1.54) is 10.7 Å². The third-order valence-corrected chi connectivity index (χ3v) is 2.71. The van der Waals surface area contributed by atoms with Gasteiger partial charge in [0.2, 0.25) is 0 Å². The van der Waals surface area contributed by atoms with Gasteiger partial charge in [0.05, 0.1) is 0 Å². The number of aromatic amines is 1. The Bertz CT molecular complexity index is 534. The van der Waals surface area contributed by atoms with Gasteiger partial charge in [-0.15, -0.1) is 0 Å². The van der Waals surface area contributed by atoms with Crippen LogP contribution in [0.1, 0.15) is 6.92 Å². The smallest absolute Gasteiger partial charge is 0.348 e. The van der Waals surface area contributed by atoms with E-state index in [2.05, 4.69) is 42.9 Å². The number of fused-ring (bicyclic) bond motifs is 1. The molecule has 0 aliphatic rings. The minimum Gasteiger partial charge on any atom is -0.356 e. The fourth-order valence-corrected chi connectivity index (χ4v) is 1.94. The quantitative estimate of drug-likeness (QED) is 0.838. The summed E-state index contributed by atoms with van der Waals surface area (Å²) in [6.45, 7) is 3.79. The maximum atomic E-state index is 11.2.